The second-order valence-corrected chi connectivity index (χ2v) is 8.23. The maximum absolute atomic E-state index is 13.8. The van der Waals surface area contributed by atoms with E-state index in [1.165, 1.54) is 0 Å². The highest BCUT2D eigenvalue weighted by Crippen LogP contribution is 2.24. The molecular weight excluding hydrogens is 424 g/mol. The summed E-state index contributed by atoms with van der Waals surface area (Å²) in [5.74, 6) is -1.64. The maximum Gasteiger partial charge on any atom is 0.230 e. The van der Waals surface area contributed by atoms with Gasteiger partial charge >= 0.3 is 0 Å². The number of carbonyl (C=O) groups excluding carboxylic acids is 2. The highest BCUT2D eigenvalue weighted by atomic mass is 19.1. The lowest BCUT2D eigenvalue weighted by atomic mass is 10.0. The first kappa shape index (κ1) is 22.6. The molecule has 1 amide bonds. The van der Waals surface area contributed by atoms with Crippen LogP contribution in [0.25, 0.3) is 11.1 Å². The van der Waals surface area contributed by atoms with Gasteiger partial charge in [-0.3, -0.25) is 9.59 Å². The second kappa shape index (κ2) is 10.4. The molecule has 4 nitrogen and oxygen atoms in total. The van der Waals surface area contributed by atoms with Gasteiger partial charge in [-0.05, 0) is 28.8 Å². The molecule has 1 saturated heterocycles. The largest absolute Gasteiger partial charge is 0.487 e. The second-order valence-electron chi connectivity index (χ2n) is 8.23. The molecule has 0 aliphatic carbocycles. The van der Waals surface area contributed by atoms with Gasteiger partial charge in [-0.25, -0.2) is 8.78 Å². The van der Waals surface area contributed by atoms with Crippen molar-refractivity contribution in [3.05, 3.63) is 90.0 Å². The van der Waals surface area contributed by atoms with Crippen LogP contribution in [0, 0.1) is 11.6 Å². The fourth-order valence-corrected chi connectivity index (χ4v) is 3.99. The molecule has 0 N–H and O–H groups in total. The van der Waals surface area contributed by atoms with E-state index in [2.05, 4.69) is 0 Å². The summed E-state index contributed by atoms with van der Waals surface area (Å²) in [6.45, 7) is 0.832. The number of amides is 1. The summed E-state index contributed by atoms with van der Waals surface area (Å²) in [5, 5.41) is 0. The molecule has 1 aliphatic rings. The van der Waals surface area contributed by atoms with Gasteiger partial charge in [0.15, 0.2) is 11.6 Å². The number of ether oxygens (including phenoxy) is 1. The minimum Gasteiger partial charge on any atom is -0.487 e. The molecule has 6 heteroatoms. The predicted octanol–water partition coefficient (Wildman–Crippen LogP) is 5.20. The molecule has 1 heterocycles. The van der Waals surface area contributed by atoms with Gasteiger partial charge in [0, 0.05) is 38.4 Å². The van der Waals surface area contributed by atoms with Crippen LogP contribution in [0.1, 0.15) is 24.8 Å². The molecule has 1 aliphatic heterocycles. The summed E-state index contributed by atoms with van der Waals surface area (Å²) in [6.07, 6.45) is 0.751. The molecule has 3 aromatic rings. The van der Waals surface area contributed by atoms with Crippen LogP contribution in [0.2, 0.25) is 0 Å². The lowest BCUT2D eigenvalue weighted by Gasteiger charge is -2.32. The van der Waals surface area contributed by atoms with Gasteiger partial charge in [0.2, 0.25) is 5.91 Å². The fourth-order valence-electron chi connectivity index (χ4n) is 3.99. The SMILES string of the molecule is O=C(CC(=O)N1CCC(Oc2cc(F)ccc2F)CC1)Cc1ccc(-c2ccccc2)cc1. The van der Waals surface area contributed by atoms with E-state index in [0.29, 0.717) is 25.9 Å². The number of piperidine rings is 1. The Kier molecular flexibility index (Phi) is 7.13. The average molecular weight is 449 g/mol. The Labute approximate surface area is 191 Å². The van der Waals surface area contributed by atoms with E-state index in [4.69, 9.17) is 4.74 Å². The Bertz CT molecular complexity index is 1110. The summed E-state index contributed by atoms with van der Waals surface area (Å²) >= 11 is 0. The fraction of sp³-hybridized carbons (Fsp3) is 0.259. The number of benzene rings is 3. The minimum absolute atomic E-state index is 0.117. The van der Waals surface area contributed by atoms with E-state index in [1.54, 1.807) is 4.90 Å². The zero-order valence-electron chi connectivity index (χ0n) is 18.2. The number of hydrogen-bond acceptors (Lipinski definition) is 3. The summed E-state index contributed by atoms with van der Waals surface area (Å²) in [4.78, 5) is 26.6. The van der Waals surface area contributed by atoms with Crippen molar-refractivity contribution in [1.29, 1.82) is 0 Å². The number of hydrogen-bond donors (Lipinski definition) is 0. The van der Waals surface area contributed by atoms with Crippen molar-refractivity contribution in [2.75, 3.05) is 13.1 Å². The molecule has 1 fully saturated rings. The average Bonchev–Trinajstić information content (AvgIpc) is 2.83. The number of Topliss-reactive ketones (excluding diaryl/α,β-unsaturated/α-hetero) is 1. The molecular formula is C27H25F2NO3. The molecule has 33 heavy (non-hydrogen) atoms. The molecule has 0 atom stereocenters. The molecule has 3 aromatic carbocycles. The first-order valence-corrected chi connectivity index (χ1v) is 11.0. The number of ketones is 1. The molecule has 4 rings (SSSR count). The van der Waals surface area contributed by atoms with E-state index < -0.39 is 11.6 Å². The topological polar surface area (TPSA) is 46.6 Å². The lowest BCUT2D eigenvalue weighted by molar-refractivity contribution is -0.136. The molecule has 0 unspecified atom stereocenters. The number of rotatable bonds is 7. The van der Waals surface area contributed by atoms with E-state index in [0.717, 1.165) is 34.9 Å². The van der Waals surface area contributed by atoms with Crippen LogP contribution in [0.3, 0.4) is 0 Å². The Hall–Kier alpha value is -3.54. The highest BCUT2D eigenvalue weighted by Gasteiger charge is 2.26. The lowest BCUT2D eigenvalue weighted by Crippen LogP contribution is -2.42. The number of halogens is 2. The number of nitrogens with zero attached hydrogens (tertiary/aromatic N) is 1. The van der Waals surface area contributed by atoms with E-state index in [1.807, 2.05) is 54.6 Å². The Morgan fingerprint density at radius 2 is 1.55 bits per heavy atom. The van der Waals surface area contributed by atoms with Crippen LogP contribution in [-0.2, 0) is 16.0 Å². The maximum atomic E-state index is 13.8. The van der Waals surface area contributed by atoms with Crippen LogP contribution in [-0.4, -0.2) is 35.8 Å². The van der Waals surface area contributed by atoms with E-state index in [-0.39, 0.29) is 36.4 Å². The molecule has 0 aromatic heterocycles. The zero-order chi connectivity index (χ0) is 23.2. The van der Waals surface area contributed by atoms with Crippen LogP contribution in [0.5, 0.6) is 5.75 Å². The first-order chi connectivity index (χ1) is 16.0. The van der Waals surface area contributed by atoms with Crippen LogP contribution < -0.4 is 4.74 Å². The molecule has 0 radical (unpaired) electrons. The van der Waals surface area contributed by atoms with Gasteiger partial charge < -0.3 is 9.64 Å². The number of likely N-dealkylation sites (tertiary alicyclic amines) is 1. The van der Waals surface area contributed by atoms with Crippen LogP contribution in [0.4, 0.5) is 8.78 Å². The van der Waals surface area contributed by atoms with E-state index in [9.17, 15) is 18.4 Å². The summed E-state index contributed by atoms with van der Waals surface area (Å²) in [6, 6.07) is 20.9. The van der Waals surface area contributed by atoms with Gasteiger partial charge in [-0.15, -0.1) is 0 Å². The van der Waals surface area contributed by atoms with Crippen molar-refractivity contribution in [2.24, 2.45) is 0 Å². The third-order valence-electron chi connectivity index (χ3n) is 5.79. The van der Waals surface area contributed by atoms with Crippen molar-refractivity contribution in [3.8, 4) is 16.9 Å². The zero-order valence-corrected chi connectivity index (χ0v) is 18.2. The third kappa shape index (κ3) is 6.04. The van der Waals surface area contributed by atoms with Crippen molar-refractivity contribution >= 4 is 11.7 Å². The predicted molar refractivity (Wildman–Crippen MR) is 122 cm³/mol. The monoisotopic (exact) mass is 449 g/mol. The minimum atomic E-state index is -0.614. The molecule has 0 bridgehead atoms. The van der Waals surface area contributed by atoms with Crippen molar-refractivity contribution in [3.63, 3.8) is 0 Å². The smallest absolute Gasteiger partial charge is 0.230 e. The van der Waals surface area contributed by atoms with Gasteiger partial charge in [0.25, 0.3) is 0 Å². The van der Waals surface area contributed by atoms with Gasteiger partial charge in [-0.2, -0.15) is 0 Å². The number of carbonyl (C=O) groups is 2. The Balaban J connectivity index is 1.24. The van der Waals surface area contributed by atoms with Crippen molar-refractivity contribution < 1.29 is 23.1 Å². The van der Waals surface area contributed by atoms with Crippen molar-refractivity contribution in [1.82, 2.24) is 4.90 Å². The highest BCUT2D eigenvalue weighted by molar-refractivity contribution is 5.99. The van der Waals surface area contributed by atoms with Gasteiger partial charge in [0.1, 0.15) is 17.7 Å². The first-order valence-electron chi connectivity index (χ1n) is 11.0. The summed E-state index contributed by atoms with van der Waals surface area (Å²) in [5.41, 5.74) is 3.06. The molecule has 0 saturated carbocycles. The van der Waals surface area contributed by atoms with Gasteiger partial charge in [-0.1, -0.05) is 54.6 Å². The van der Waals surface area contributed by atoms with Crippen LogP contribution in [0.15, 0.2) is 72.8 Å². The summed E-state index contributed by atoms with van der Waals surface area (Å²) in [7, 11) is 0. The van der Waals surface area contributed by atoms with Gasteiger partial charge in [0.05, 0.1) is 6.42 Å². The molecule has 0 spiro atoms. The van der Waals surface area contributed by atoms with E-state index >= 15 is 0 Å². The Morgan fingerprint density at radius 3 is 2.24 bits per heavy atom. The Morgan fingerprint density at radius 1 is 0.879 bits per heavy atom. The van der Waals surface area contributed by atoms with Crippen LogP contribution >= 0.6 is 0 Å². The standard InChI is InChI=1S/C27H25F2NO3/c28-22-10-11-25(29)26(17-22)33-24-12-14-30(15-13-24)27(32)18-23(31)16-19-6-8-21(9-7-19)20-4-2-1-3-5-20/h1-11,17,24H,12-16,18H2. The molecule has 170 valence electrons. The third-order valence-corrected chi connectivity index (χ3v) is 5.79. The quantitative estimate of drug-likeness (QED) is 0.466. The summed E-state index contributed by atoms with van der Waals surface area (Å²) < 4.78 is 32.7. The normalized spacial score (nSPS) is 14.2. The van der Waals surface area contributed by atoms with Crippen molar-refractivity contribution in [2.45, 2.75) is 31.8 Å².